The summed E-state index contributed by atoms with van der Waals surface area (Å²) in [5, 5.41) is 0. The molecule has 1 aliphatic rings. The van der Waals surface area contributed by atoms with Crippen LogP contribution in [0.15, 0.2) is 48.9 Å². The van der Waals surface area contributed by atoms with Gasteiger partial charge < -0.3 is 15.4 Å². The topological polar surface area (TPSA) is 103 Å². The number of pyridine rings is 1. The fraction of sp³-hybridized carbons (Fsp3) is 0.227. The predicted molar refractivity (Wildman–Crippen MR) is 116 cm³/mol. The monoisotopic (exact) mass is 399 g/mol. The van der Waals surface area contributed by atoms with Crippen molar-refractivity contribution in [3.63, 3.8) is 0 Å². The molecule has 8 heteroatoms. The van der Waals surface area contributed by atoms with Gasteiger partial charge in [0.15, 0.2) is 11.6 Å². The molecule has 0 aliphatic carbocycles. The average Bonchev–Trinajstić information content (AvgIpc) is 2.79. The Hall–Kier alpha value is -3.65. The van der Waals surface area contributed by atoms with E-state index < -0.39 is 0 Å². The number of aromatic nitrogens is 5. The van der Waals surface area contributed by atoms with Gasteiger partial charge in [-0.15, -0.1) is 0 Å². The van der Waals surface area contributed by atoms with Crippen LogP contribution >= 0.6 is 0 Å². The Bertz CT molecular complexity index is 1200. The van der Waals surface area contributed by atoms with Gasteiger partial charge in [0.2, 0.25) is 5.95 Å². The predicted octanol–water partition coefficient (Wildman–Crippen LogP) is 2.88. The van der Waals surface area contributed by atoms with Crippen molar-refractivity contribution in [3.05, 3.63) is 54.5 Å². The summed E-state index contributed by atoms with van der Waals surface area (Å²) < 4.78 is 5.51. The highest BCUT2D eigenvalue weighted by molar-refractivity contribution is 5.90. The van der Waals surface area contributed by atoms with Gasteiger partial charge >= 0.3 is 0 Å². The van der Waals surface area contributed by atoms with E-state index >= 15 is 0 Å². The van der Waals surface area contributed by atoms with Gasteiger partial charge in [-0.2, -0.15) is 0 Å². The number of fused-ring (bicyclic) bond motifs is 1. The molecule has 1 aliphatic heterocycles. The largest absolute Gasteiger partial charge is 0.378 e. The van der Waals surface area contributed by atoms with Gasteiger partial charge in [0, 0.05) is 37.2 Å². The summed E-state index contributed by atoms with van der Waals surface area (Å²) in [5.41, 5.74) is 11.2. The molecule has 0 spiro atoms. The van der Waals surface area contributed by atoms with Crippen LogP contribution in [0.25, 0.3) is 33.5 Å². The fourth-order valence-electron chi connectivity index (χ4n) is 3.56. The van der Waals surface area contributed by atoms with Crippen molar-refractivity contribution in [1.29, 1.82) is 0 Å². The van der Waals surface area contributed by atoms with E-state index in [0.717, 1.165) is 41.1 Å². The molecule has 4 heterocycles. The minimum Gasteiger partial charge on any atom is -0.378 e. The third-order valence-corrected chi connectivity index (χ3v) is 5.11. The zero-order valence-corrected chi connectivity index (χ0v) is 16.6. The number of nitrogens with zero attached hydrogens (tertiary/aromatic N) is 6. The molecular weight excluding hydrogens is 378 g/mol. The van der Waals surface area contributed by atoms with E-state index in [2.05, 4.69) is 46.1 Å². The first kappa shape index (κ1) is 18.4. The molecular formula is C22H21N7O. The lowest BCUT2D eigenvalue weighted by molar-refractivity contribution is 0.122. The molecule has 4 aromatic rings. The number of rotatable bonds is 3. The number of benzene rings is 1. The molecule has 0 amide bonds. The normalized spacial score (nSPS) is 14.2. The van der Waals surface area contributed by atoms with Crippen LogP contribution in [-0.4, -0.2) is 51.2 Å². The van der Waals surface area contributed by atoms with Gasteiger partial charge in [0.1, 0.15) is 5.52 Å². The van der Waals surface area contributed by atoms with E-state index in [1.807, 2.05) is 12.3 Å². The van der Waals surface area contributed by atoms with Crippen LogP contribution in [0.5, 0.6) is 0 Å². The SMILES string of the molecule is Cc1cccc(-c2cnc3c(N4CCOCC4)nc(-c4cnc(N)nc4)nc3c2)c1. The van der Waals surface area contributed by atoms with Crippen LogP contribution in [0.4, 0.5) is 11.8 Å². The Balaban J connectivity index is 1.69. The molecule has 0 unspecified atom stereocenters. The van der Waals surface area contributed by atoms with Gasteiger partial charge in [-0.05, 0) is 18.6 Å². The molecule has 5 rings (SSSR count). The number of nitrogens with two attached hydrogens (primary N) is 1. The highest BCUT2D eigenvalue weighted by Gasteiger charge is 2.19. The second kappa shape index (κ2) is 7.64. The zero-order chi connectivity index (χ0) is 20.5. The second-order valence-corrected chi connectivity index (χ2v) is 7.26. The van der Waals surface area contributed by atoms with E-state index in [9.17, 15) is 0 Å². The van der Waals surface area contributed by atoms with Gasteiger partial charge in [-0.1, -0.05) is 29.8 Å². The summed E-state index contributed by atoms with van der Waals surface area (Å²) in [7, 11) is 0. The van der Waals surface area contributed by atoms with E-state index in [0.29, 0.717) is 24.6 Å². The lowest BCUT2D eigenvalue weighted by Crippen LogP contribution is -2.37. The molecule has 2 N–H and O–H groups in total. The van der Waals surface area contributed by atoms with Crippen molar-refractivity contribution in [2.75, 3.05) is 36.9 Å². The van der Waals surface area contributed by atoms with E-state index in [4.69, 9.17) is 25.4 Å². The maximum Gasteiger partial charge on any atom is 0.219 e. The van der Waals surface area contributed by atoms with E-state index in [-0.39, 0.29) is 5.95 Å². The molecule has 1 aromatic carbocycles. The van der Waals surface area contributed by atoms with Crippen LogP contribution in [0.1, 0.15) is 5.56 Å². The summed E-state index contributed by atoms with van der Waals surface area (Å²) >= 11 is 0. The molecule has 30 heavy (non-hydrogen) atoms. The number of anilines is 2. The molecule has 150 valence electrons. The fourth-order valence-corrected chi connectivity index (χ4v) is 3.56. The van der Waals surface area contributed by atoms with Crippen LogP contribution in [0.3, 0.4) is 0 Å². The van der Waals surface area contributed by atoms with Crippen molar-refractivity contribution in [2.24, 2.45) is 0 Å². The number of hydrogen-bond donors (Lipinski definition) is 1. The second-order valence-electron chi connectivity index (χ2n) is 7.26. The maximum atomic E-state index is 5.64. The lowest BCUT2D eigenvalue weighted by Gasteiger charge is -2.28. The van der Waals surface area contributed by atoms with Crippen LogP contribution in [-0.2, 0) is 4.74 Å². The Morgan fingerprint density at radius 1 is 0.900 bits per heavy atom. The van der Waals surface area contributed by atoms with Gasteiger partial charge in [-0.3, -0.25) is 4.98 Å². The molecule has 0 saturated carbocycles. The molecule has 0 bridgehead atoms. The molecule has 1 saturated heterocycles. The molecule has 8 nitrogen and oxygen atoms in total. The number of nitrogen functional groups attached to an aromatic ring is 1. The Labute approximate surface area is 173 Å². The highest BCUT2D eigenvalue weighted by Crippen LogP contribution is 2.29. The summed E-state index contributed by atoms with van der Waals surface area (Å²) in [6, 6.07) is 10.4. The van der Waals surface area contributed by atoms with Crippen LogP contribution in [0, 0.1) is 6.92 Å². The summed E-state index contributed by atoms with van der Waals surface area (Å²) in [6.45, 7) is 4.91. The Morgan fingerprint density at radius 3 is 2.43 bits per heavy atom. The van der Waals surface area contributed by atoms with Crippen molar-refractivity contribution in [1.82, 2.24) is 24.9 Å². The van der Waals surface area contributed by atoms with Gasteiger partial charge in [-0.25, -0.2) is 19.9 Å². The standard InChI is InChI=1S/C22H21N7O/c1-14-3-2-4-15(9-14)16-10-18-19(24-11-16)21(29-5-7-30-8-6-29)28-20(27-18)17-12-25-22(23)26-13-17/h2-4,9-13H,5-8H2,1H3,(H2,23,25,26). The summed E-state index contributed by atoms with van der Waals surface area (Å²) in [5.74, 6) is 1.56. The van der Waals surface area contributed by atoms with Gasteiger partial charge in [0.25, 0.3) is 0 Å². The van der Waals surface area contributed by atoms with Crippen LogP contribution in [0.2, 0.25) is 0 Å². The number of ether oxygens (including phenoxy) is 1. The first-order valence-electron chi connectivity index (χ1n) is 9.83. The van der Waals surface area contributed by atoms with Crippen molar-refractivity contribution in [3.8, 4) is 22.5 Å². The lowest BCUT2D eigenvalue weighted by atomic mass is 10.0. The quantitative estimate of drug-likeness (QED) is 0.561. The number of aryl methyl sites for hydroxylation is 1. The smallest absolute Gasteiger partial charge is 0.219 e. The van der Waals surface area contributed by atoms with E-state index in [1.54, 1.807) is 12.4 Å². The minimum atomic E-state index is 0.219. The summed E-state index contributed by atoms with van der Waals surface area (Å²) in [4.78, 5) is 24.7. The number of hydrogen-bond acceptors (Lipinski definition) is 8. The minimum absolute atomic E-state index is 0.219. The first-order chi connectivity index (χ1) is 14.7. The van der Waals surface area contributed by atoms with Gasteiger partial charge in [0.05, 0.1) is 24.3 Å². The van der Waals surface area contributed by atoms with E-state index in [1.165, 1.54) is 5.56 Å². The highest BCUT2D eigenvalue weighted by atomic mass is 16.5. The zero-order valence-electron chi connectivity index (χ0n) is 16.6. The van der Waals surface area contributed by atoms with Crippen LogP contribution < -0.4 is 10.6 Å². The van der Waals surface area contributed by atoms with Crippen molar-refractivity contribution >= 4 is 22.8 Å². The maximum absolute atomic E-state index is 5.64. The third-order valence-electron chi connectivity index (χ3n) is 5.11. The van der Waals surface area contributed by atoms with Crippen molar-refractivity contribution in [2.45, 2.75) is 6.92 Å². The molecule has 0 atom stereocenters. The first-order valence-corrected chi connectivity index (χ1v) is 9.83. The Kier molecular flexibility index (Phi) is 4.68. The third kappa shape index (κ3) is 3.53. The summed E-state index contributed by atoms with van der Waals surface area (Å²) in [6.07, 6.45) is 5.17. The Morgan fingerprint density at radius 2 is 1.67 bits per heavy atom. The van der Waals surface area contributed by atoms with Crippen molar-refractivity contribution < 1.29 is 4.74 Å². The molecule has 0 radical (unpaired) electrons. The number of morpholine rings is 1. The molecule has 1 fully saturated rings. The molecule has 3 aromatic heterocycles. The average molecular weight is 399 g/mol.